The summed E-state index contributed by atoms with van der Waals surface area (Å²) in [6, 6.07) is 8.70. The van der Waals surface area contributed by atoms with E-state index >= 15 is 0 Å². The summed E-state index contributed by atoms with van der Waals surface area (Å²) in [5, 5.41) is 11.6. The summed E-state index contributed by atoms with van der Waals surface area (Å²) in [4.78, 5) is 23.0. The van der Waals surface area contributed by atoms with Crippen molar-refractivity contribution >= 4 is 11.9 Å². The Bertz CT molecular complexity index is 723. The van der Waals surface area contributed by atoms with E-state index in [-0.39, 0.29) is 24.1 Å². The van der Waals surface area contributed by atoms with Crippen molar-refractivity contribution in [3.63, 3.8) is 0 Å². The number of carboxylic acids is 1. The first-order valence-corrected chi connectivity index (χ1v) is 7.74. The molecular formula is C18H20FNO4. The highest BCUT2D eigenvalue weighted by atomic mass is 19.1. The molecule has 0 aliphatic heterocycles. The highest BCUT2D eigenvalue weighted by molar-refractivity contribution is 5.83. The number of furan rings is 1. The summed E-state index contributed by atoms with van der Waals surface area (Å²) in [5.41, 5.74) is 0.360. The third-order valence-corrected chi connectivity index (χ3v) is 3.65. The number of hydrogen-bond donors (Lipinski definition) is 2. The molecule has 1 atom stereocenters. The van der Waals surface area contributed by atoms with Crippen LogP contribution in [-0.4, -0.2) is 23.0 Å². The lowest BCUT2D eigenvalue weighted by atomic mass is 10.0. The lowest BCUT2D eigenvalue weighted by Gasteiger charge is -2.17. The molecule has 1 aromatic heterocycles. The minimum atomic E-state index is -1.06. The number of carbonyl (C=O) groups is 2. The molecule has 0 radical (unpaired) electrons. The maximum Gasteiger partial charge on any atom is 0.326 e. The molecule has 0 aliphatic carbocycles. The minimum absolute atomic E-state index is 0.0979. The SMILES string of the molecule is CC(C)C(NC(=O)CCc1ccc(-c2ccccc2F)o1)C(=O)O. The van der Waals surface area contributed by atoms with Crippen molar-refractivity contribution in [3.8, 4) is 11.3 Å². The second-order valence-electron chi connectivity index (χ2n) is 5.87. The van der Waals surface area contributed by atoms with Crippen molar-refractivity contribution in [2.24, 2.45) is 5.92 Å². The molecule has 2 aromatic rings. The summed E-state index contributed by atoms with van der Waals surface area (Å²) in [6.45, 7) is 3.46. The van der Waals surface area contributed by atoms with Gasteiger partial charge in [-0.05, 0) is 30.2 Å². The fourth-order valence-corrected chi connectivity index (χ4v) is 2.31. The van der Waals surface area contributed by atoms with E-state index in [1.54, 1.807) is 44.2 Å². The Labute approximate surface area is 139 Å². The van der Waals surface area contributed by atoms with Gasteiger partial charge >= 0.3 is 5.97 Å². The smallest absolute Gasteiger partial charge is 0.326 e. The predicted octanol–water partition coefficient (Wildman–Crippen LogP) is 3.24. The van der Waals surface area contributed by atoms with E-state index in [0.717, 1.165) is 0 Å². The molecule has 0 spiro atoms. The van der Waals surface area contributed by atoms with Gasteiger partial charge in [0.15, 0.2) is 0 Å². The second-order valence-corrected chi connectivity index (χ2v) is 5.87. The van der Waals surface area contributed by atoms with Gasteiger partial charge in [-0.15, -0.1) is 0 Å². The van der Waals surface area contributed by atoms with E-state index in [4.69, 9.17) is 9.52 Å². The Kier molecular flexibility index (Phi) is 5.73. The van der Waals surface area contributed by atoms with Crippen LogP contribution in [0.3, 0.4) is 0 Å². The number of carboxylic acid groups (broad SMARTS) is 1. The number of amides is 1. The molecule has 0 fully saturated rings. The van der Waals surface area contributed by atoms with Crippen molar-refractivity contribution < 1.29 is 23.5 Å². The maximum absolute atomic E-state index is 13.7. The molecule has 1 heterocycles. The zero-order valence-corrected chi connectivity index (χ0v) is 13.6. The Hall–Kier alpha value is -2.63. The summed E-state index contributed by atoms with van der Waals surface area (Å²) in [5.74, 6) is -1.06. The van der Waals surface area contributed by atoms with Crippen LogP contribution in [-0.2, 0) is 16.0 Å². The topological polar surface area (TPSA) is 79.5 Å². The molecule has 5 nitrogen and oxygen atoms in total. The lowest BCUT2D eigenvalue weighted by molar-refractivity contribution is -0.143. The van der Waals surface area contributed by atoms with Crippen LogP contribution in [0.2, 0.25) is 0 Å². The molecule has 1 unspecified atom stereocenters. The van der Waals surface area contributed by atoms with Crippen molar-refractivity contribution in [2.75, 3.05) is 0 Å². The number of benzene rings is 1. The van der Waals surface area contributed by atoms with E-state index in [2.05, 4.69) is 5.32 Å². The molecule has 0 aliphatic rings. The van der Waals surface area contributed by atoms with E-state index in [1.165, 1.54) is 6.07 Å². The molecule has 0 bridgehead atoms. The maximum atomic E-state index is 13.7. The van der Waals surface area contributed by atoms with Crippen LogP contribution < -0.4 is 5.32 Å². The van der Waals surface area contributed by atoms with Crippen LogP contribution in [0, 0.1) is 11.7 Å². The average molecular weight is 333 g/mol. The Morgan fingerprint density at radius 3 is 2.54 bits per heavy atom. The van der Waals surface area contributed by atoms with Crippen molar-refractivity contribution in [3.05, 3.63) is 48.0 Å². The standard InChI is InChI=1S/C18H20FNO4/c1-11(2)17(18(22)23)20-16(21)10-8-12-7-9-15(24-12)13-5-3-4-6-14(13)19/h3-7,9,11,17H,8,10H2,1-2H3,(H,20,21)(H,22,23). The lowest BCUT2D eigenvalue weighted by Crippen LogP contribution is -2.44. The Balaban J connectivity index is 1.95. The zero-order chi connectivity index (χ0) is 17.7. The zero-order valence-electron chi connectivity index (χ0n) is 13.6. The van der Waals surface area contributed by atoms with Crippen molar-refractivity contribution in [2.45, 2.75) is 32.7 Å². The van der Waals surface area contributed by atoms with Gasteiger partial charge in [0.25, 0.3) is 0 Å². The predicted molar refractivity (Wildman–Crippen MR) is 86.8 cm³/mol. The number of aliphatic carboxylic acids is 1. The fraction of sp³-hybridized carbons (Fsp3) is 0.333. The number of aryl methyl sites for hydroxylation is 1. The first-order valence-electron chi connectivity index (χ1n) is 7.74. The number of halogens is 1. The molecule has 0 saturated heterocycles. The molecule has 6 heteroatoms. The van der Waals surface area contributed by atoms with Gasteiger partial charge in [0.05, 0.1) is 5.56 Å². The van der Waals surface area contributed by atoms with Crippen LogP contribution >= 0.6 is 0 Å². The van der Waals surface area contributed by atoms with Gasteiger partial charge in [0, 0.05) is 12.8 Å². The number of rotatable bonds is 7. The average Bonchev–Trinajstić information content (AvgIpc) is 2.99. The summed E-state index contributed by atoms with van der Waals surface area (Å²) in [6.07, 6.45) is 0.408. The normalized spacial score (nSPS) is 12.2. The second kappa shape index (κ2) is 7.77. The van der Waals surface area contributed by atoms with Crippen LogP contribution in [0.25, 0.3) is 11.3 Å². The minimum Gasteiger partial charge on any atom is -0.480 e. The third kappa shape index (κ3) is 4.44. The third-order valence-electron chi connectivity index (χ3n) is 3.65. The molecule has 1 amide bonds. The fourth-order valence-electron chi connectivity index (χ4n) is 2.31. The number of carbonyl (C=O) groups excluding carboxylic acids is 1. The number of nitrogens with one attached hydrogen (secondary N) is 1. The van der Waals surface area contributed by atoms with Gasteiger partial charge in [-0.25, -0.2) is 9.18 Å². The first kappa shape index (κ1) is 17.7. The summed E-state index contributed by atoms with van der Waals surface area (Å²) in [7, 11) is 0. The Morgan fingerprint density at radius 1 is 1.21 bits per heavy atom. The van der Waals surface area contributed by atoms with E-state index in [0.29, 0.717) is 23.5 Å². The monoisotopic (exact) mass is 333 g/mol. The van der Waals surface area contributed by atoms with E-state index in [1.807, 2.05) is 0 Å². The highest BCUT2D eigenvalue weighted by Gasteiger charge is 2.23. The Morgan fingerprint density at radius 2 is 1.92 bits per heavy atom. The molecule has 128 valence electrons. The van der Waals surface area contributed by atoms with Gasteiger partial charge in [-0.1, -0.05) is 26.0 Å². The van der Waals surface area contributed by atoms with Gasteiger partial charge in [-0.3, -0.25) is 4.79 Å². The van der Waals surface area contributed by atoms with Crippen molar-refractivity contribution in [1.29, 1.82) is 0 Å². The van der Waals surface area contributed by atoms with Crippen LogP contribution in [0.1, 0.15) is 26.0 Å². The number of hydrogen-bond acceptors (Lipinski definition) is 3. The van der Waals surface area contributed by atoms with Gasteiger partial charge < -0.3 is 14.8 Å². The van der Waals surface area contributed by atoms with Crippen LogP contribution in [0.15, 0.2) is 40.8 Å². The summed E-state index contributed by atoms with van der Waals surface area (Å²) >= 11 is 0. The van der Waals surface area contributed by atoms with Crippen LogP contribution in [0.4, 0.5) is 4.39 Å². The van der Waals surface area contributed by atoms with Gasteiger partial charge in [0.1, 0.15) is 23.4 Å². The first-order chi connectivity index (χ1) is 11.4. The molecule has 2 rings (SSSR count). The largest absolute Gasteiger partial charge is 0.480 e. The highest BCUT2D eigenvalue weighted by Crippen LogP contribution is 2.25. The van der Waals surface area contributed by atoms with E-state index in [9.17, 15) is 14.0 Å². The molecule has 1 aromatic carbocycles. The van der Waals surface area contributed by atoms with Gasteiger partial charge in [-0.2, -0.15) is 0 Å². The molecular weight excluding hydrogens is 313 g/mol. The van der Waals surface area contributed by atoms with Crippen molar-refractivity contribution in [1.82, 2.24) is 5.32 Å². The molecule has 0 saturated carbocycles. The quantitative estimate of drug-likeness (QED) is 0.815. The molecule has 24 heavy (non-hydrogen) atoms. The molecule has 2 N–H and O–H groups in total. The van der Waals surface area contributed by atoms with E-state index < -0.39 is 12.0 Å². The summed E-state index contributed by atoms with van der Waals surface area (Å²) < 4.78 is 19.3. The van der Waals surface area contributed by atoms with Gasteiger partial charge in [0.2, 0.25) is 5.91 Å². The van der Waals surface area contributed by atoms with Crippen LogP contribution in [0.5, 0.6) is 0 Å².